The Morgan fingerprint density at radius 1 is 1.08 bits per heavy atom. The fourth-order valence-corrected chi connectivity index (χ4v) is 3.90. The van der Waals surface area contributed by atoms with Crippen molar-refractivity contribution in [2.24, 2.45) is 0 Å². The van der Waals surface area contributed by atoms with E-state index in [4.69, 9.17) is 19.3 Å². The summed E-state index contributed by atoms with van der Waals surface area (Å²) in [7, 11) is -4.35. The first kappa shape index (κ1) is 20.2. The van der Waals surface area contributed by atoms with Crippen molar-refractivity contribution in [3.63, 3.8) is 0 Å². The summed E-state index contributed by atoms with van der Waals surface area (Å²) >= 11 is 0. The predicted octanol–water partition coefficient (Wildman–Crippen LogP) is -5.09. The molecule has 0 aromatic rings. The normalized spacial score (nSPS) is 51.2. The Bertz CT molecular complexity index is 610. The first-order valence-electron chi connectivity index (χ1n) is 7.67. The second kappa shape index (κ2) is 7.16. The Morgan fingerprint density at radius 3 is 2.35 bits per heavy atom. The largest absolute Gasteiger partial charge is 0.400 e. The van der Waals surface area contributed by atoms with Crippen LogP contribution in [0, 0.1) is 0 Å². The summed E-state index contributed by atoms with van der Waals surface area (Å²) in [5.74, 6) is -2.26. The molecule has 0 spiro atoms. The molecular formula is C12H20O13S. The van der Waals surface area contributed by atoms with Gasteiger partial charge in [-0.05, 0) is 0 Å². The summed E-state index contributed by atoms with van der Waals surface area (Å²) in [5.41, 5.74) is 0. The maximum absolute atomic E-state index is 11.3. The van der Waals surface area contributed by atoms with Crippen LogP contribution in [0.5, 0.6) is 0 Å². The Hall–Kier alpha value is -0.490. The minimum atomic E-state index is -4.35. The van der Waals surface area contributed by atoms with Crippen LogP contribution < -0.4 is 0 Å². The van der Waals surface area contributed by atoms with Crippen LogP contribution in [0.25, 0.3) is 0 Å². The van der Waals surface area contributed by atoms with E-state index >= 15 is 0 Å². The molecule has 0 amide bonds. The molecule has 0 aromatic carbocycles. The van der Waals surface area contributed by atoms with Crippen LogP contribution in [0.4, 0.5) is 0 Å². The van der Waals surface area contributed by atoms with Crippen LogP contribution in [0.3, 0.4) is 0 Å². The third-order valence-electron chi connectivity index (χ3n) is 4.47. The Morgan fingerprint density at radius 2 is 1.77 bits per heavy atom. The monoisotopic (exact) mass is 404 g/mol. The molecule has 9 atom stereocenters. The summed E-state index contributed by atoms with van der Waals surface area (Å²) < 4.78 is 47.4. The van der Waals surface area contributed by atoms with E-state index < -0.39 is 85.0 Å². The Kier molecular flexibility index (Phi) is 5.57. The van der Waals surface area contributed by atoms with E-state index in [1.54, 1.807) is 0 Å². The summed E-state index contributed by atoms with van der Waals surface area (Å²) in [4.78, 5) is 0. The summed E-state index contributed by atoms with van der Waals surface area (Å²) in [6.45, 7) is -2.21. The van der Waals surface area contributed by atoms with Gasteiger partial charge in [0.2, 0.25) is 5.79 Å². The molecule has 0 aliphatic carbocycles. The van der Waals surface area contributed by atoms with E-state index in [9.17, 15) is 34.0 Å². The van der Waals surface area contributed by atoms with Crippen molar-refractivity contribution < 1.29 is 61.6 Å². The van der Waals surface area contributed by atoms with Crippen LogP contribution in [0.15, 0.2) is 0 Å². The molecular weight excluding hydrogens is 384 g/mol. The molecule has 3 heterocycles. The zero-order chi connectivity index (χ0) is 19.3. The number of rotatable bonds is 4. The fraction of sp³-hybridized carbons (Fsp3) is 1.00. The van der Waals surface area contributed by atoms with E-state index in [1.807, 2.05) is 0 Å². The van der Waals surface area contributed by atoms with E-state index in [0.29, 0.717) is 0 Å². The minimum Gasteiger partial charge on any atom is -0.394 e. The minimum absolute atomic E-state index is 0.534. The lowest BCUT2D eigenvalue weighted by molar-refractivity contribution is -0.383. The van der Waals surface area contributed by atoms with Crippen molar-refractivity contribution in [3.8, 4) is 0 Å². The number of aliphatic hydroxyl groups is 6. The molecule has 0 saturated carbocycles. The molecule has 3 aliphatic heterocycles. The van der Waals surface area contributed by atoms with Gasteiger partial charge in [-0.15, -0.1) is 0 Å². The Labute approximate surface area is 147 Å². The van der Waals surface area contributed by atoms with Crippen LogP contribution in [0.2, 0.25) is 0 Å². The van der Waals surface area contributed by atoms with Crippen LogP contribution in [-0.4, -0.2) is 114 Å². The molecule has 3 fully saturated rings. The van der Waals surface area contributed by atoms with E-state index in [0.717, 1.165) is 0 Å². The van der Waals surface area contributed by atoms with Crippen molar-refractivity contribution >= 4 is 10.4 Å². The van der Waals surface area contributed by atoms with Crippen molar-refractivity contribution in [3.05, 3.63) is 0 Å². The predicted molar refractivity (Wildman–Crippen MR) is 75.3 cm³/mol. The van der Waals surface area contributed by atoms with Gasteiger partial charge in [0.1, 0.15) is 49.3 Å². The van der Waals surface area contributed by atoms with Crippen LogP contribution >= 0.6 is 0 Å². The van der Waals surface area contributed by atoms with Gasteiger partial charge in [-0.1, -0.05) is 0 Å². The molecule has 3 rings (SSSR count). The van der Waals surface area contributed by atoms with Gasteiger partial charge >= 0.3 is 10.4 Å². The third kappa shape index (κ3) is 3.36. The highest BCUT2D eigenvalue weighted by molar-refractivity contribution is 7.81. The number of hydrogen-bond donors (Lipinski definition) is 6. The zero-order valence-electron chi connectivity index (χ0n) is 13.2. The maximum atomic E-state index is 11.3. The molecule has 3 aliphatic rings. The van der Waals surface area contributed by atoms with Gasteiger partial charge in [-0.2, -0.15) is 8.42 Å². The van der Waals surface area contributed by atoms with E-state index in [1.165, 1.54) is 0 Å². The van der Waals surface area contributed by atoms with Crippen molar-refractivity contribution in [2.75, 3.05) is 19.8 Å². The fourth-order valence-electron chi connectivity index (χ4n) is 3.04. The first-order chi connectivity index (χ1) is 12.1. The second-order valence-corrected chi connectivity index (χ2v) is 7.38. The zero-order valence-corrected chi connectivity index (χ0v) is 14.0. The van der Waals surface area contributed by atoms with Gasteiger partial charge in [0, 0.05) is 0 Å². The average Bonchev–Trinajstić information content (AvgIpc) is 2.85. The van der Waals surface area contributed by atoms with Crippen molar-refractivity contribution in [2.45, 2.75) is 54.8 Å². The summed E-state index contributed by atoms with van der Waals surface area (Å²) in [6, 6.07) is 0. The first-order valence-corrected chi connectivity index (χ1v) is 9.00. The molecule has 3 saturated heterocycles. The van der Waals surface area contributed by atoms with Gasteiger partial charge in [-0.3, -0.25) is 0 Å². The quantitative estimate of drug-likeness (QED) is 0.260. The number of aliphatic hydroxyl groups excluding tert-OH is 6. The highest BCUT2D eigenvalue weighted by Crippen LogP contribution is 2.37. The molecule has 152 valence electrons. The lowest BCUT2D eigenvalue weighted by Gasteiger charge is -2.45. The number of fused-ring (bicyclic) bond motifs is 1. The highest BCUT2D eigenvalue weighted by atomic mass is 32.3. The summed E-state index contributed by atoms with van der Waals surface area (Å²) in [6.07, 6.45) is -12.6. The standard InChI is InChI=1S/C12H20O13S/c13-1-4-6(15)10(18)12(3-14,23-4)24-11-8(17)7(16)9-5(22-11)2-21-26(19,20)25-9/h4-11,13-18H,1-3H2/t4-,5-,6-,7-,8-,9-,10+,11-,12+/m1/s1. The van der Waals surface area contributed by atoms with E-state index in [-0.39, 0.29) is 0 Å². The number of hydrogen-bond acceptors (Lipinski definition) is 13. The molecule has 0 radical (unpaired) electrons. The van der Waals surface area contributed by atoms with Gasteiger partial charge in [0.25, 0.3) is 0 Å². The van der Waals surface area contributed by atoms with Crippen molar-refractivity contribution in [1.29, 1.82) is 0 Å². The molecule has 26 heavy (non-hydrogen) atoms. The Balaban J connectivity index is 1.78. The summed E-state index contributed by atoms with van der Waals surface area (Å²) in [5, 5.41) is 58.9. The van der Waals surface area contributed by atoms with Gasteiger partial charge < -0.3 is 44.8 Å². The SMILES string of the molecule is O=S1(=O)OC[C@H]2O[C@H](O[C@]3(CO)O[C@H](CO)[C@@H](O)[C@@H]3O)[C@H](O)[C@@H](O)[C@@H]2O1. The maximum Gasteiger partial charge on any atom is 0.400 e. The highest BCUT2D eigenvalue weighted by Gasteiger charge is 2.59. The third-order valence-corrected chi connectivity index (χ3v) is 5.35. The molecule has 6 N–H and O–H groups in total. The van der Waals surface area contributed by atoms with Gasteiger partial charge in [-0.25, -0.2) is 8.37 Å². The second-order valence-electron chi connectivity index (χ2n) is 6.14. The van der Waals surface area contributed by atoms with Gasteiger partial charge in [0.15, 0.2) is 6.29 Å². The topological polar surface area (TPSA) is 202 Å². The van der Waals surface area contributed by atoms with Crippen LogP contribution in [-0.2, 0) is 33.0 Å². The van der Waals surface area contributed by atoms with Gasteiger partial charge in [0.05, 0.1) is 13.2 Å². The molecule has 14 heteroatoms. The number of ether oxygens (including phenoxy) is 3. The van der Waals surface area contributed by atoms with E-state index in [2.05, 4.69) is 8.37 Å². The molecule has 0 unspecified atom stereocenters. The molecule has 0 bridgehead atoms. The van der Waals surface area contributed by atoms with Crippen LogP contribution in [0.1, 0.15) is 0 Å². The van der Waals surface area contributed by atoms with Crippen molar-refractivity contribution in [1.82, 2.24) is 0 Å². The smallest absolute Gasteiger partial charge is 0.394 e. The average molecular weight is 404 g/mol. The molecule has 13 nitrogen and oxygen atoms in total. The lowest BCUT2D eigenvalue weighted by Crippen LogP contribution is -2.65. The molecule has 0 aromatic heterocycles. The lowest BCUT2D eigenvalue weighted by atomic mass is 9.99.